The van der Waals surface area contributed by atoms with E-state index in [0.717, 1.165) is 20.1 Å². The molecule has 38 heavy (non-hydrogen) atoms. The second-order valence-electron chi connectivity index (χ2n) is 9.55. The van der Waals surface area contributed by atoms with Crippen molar-refractivity contribution in [1.29, 1.82) is 0 Å². The summed E-state index contributed by atoms with van der Waals surface area (Å²) in [5.41, 5.74) is 1.02. The van der Waals surface area contributed by atoms with Crippen molar-refractivity contribution in [1.82, 2.24) is 19.5 Å². The van der Waals surface area contributed by atoms with Crippen molar-refractivity contribution in [3.63, 3.8) is 0 Å². The van der Waals surface area contributed by atoms with Crippen molar-refractivity contribution in [2.24, 2.45) is 0 Å². The average Bonchev–Trinajstić information content (AvgIpc) is 3.37. The zero-order chi connectivity index (χ0) is 26.8. The standard InChI is InChI=1S/C26H22Br2N4O6/c1-26(2)37-20-16(11-33)36-24(21(20)38-26)32-22-19(23(34)31-25(32)35)29-17(12-3-7-14(27)8-4-12)18(30-22)13-5-9-15(28)10-6-13/h3-10,16,20-21,24,33H,11H2,1-2H3,(H,31,34,35)/t16-,20-,21-,24-/m1/s1. The zero-order valence-corrected chi connectivity index (χ0v) is 23.4. The molecule has 2 fully saturated rings. The second kappa shape index (κ2) is 9.47. The van der Waals surface area contributed by atoms with Gasteiger partial charge in [-0.15, -0.1) is 0 Å². The van der Waals surface area contributed by atoms with Gasteiger partial charge in [-0.2, -0.15) is 0 Å². The molecular weight excluding hydrogens is 624 g/mol. The van der Waals surface area contributed by atoms with Crippen molar-refractivity contribution < 1.29 is 19.3 Å². The Balaban J connectivity index is 1.62. The number of aliphatic hydroxyl groups is 1. The monoisotopic (exact) mass is 644 g/mol. The molecular formula is C26H22Br2N4O6. The summed E-state index contributed by atoms with van der Waals surface area (Å²) < 4.78 is 21.1. The fraction of sp³-hybridized carbons (Fsp3) is 0.308. The van der Waals surface area contributed by atoms with Gasteiger partial charge in [-0.05, 0) is 38.1 Å². The number of aliphatic hydroxyl groups excluding tert-OH is 1. The normalized spacial score (nSPS) is 24.1. The highest BCUT2D eigenvalue weighted by Gasteiger charge is 2.56. The second-order valence-corrected chi connectivity index (χ2v) is 11.4. The number of rotatable bonds is 4. The van der Waals surface area contributed by atoms with Crippen molar-refractivity contribution >= 4 is 43.0 Å². The Labute approximate surface area is 232 Å². The number of aromatic amines is 1. The van der Waals surface area contributed by atoms with Crippen LogP contribution in [0.4, 0.5) is 0 Å². The number of hydrogen-bond acceptors (Lipinski definition) is 8. The first-order valence-electron chi connectivity index (χ1n) is 11.9. The lowest BCUT2D eigenvalue weighted by atomic mass is 10.0. The van der Waals surface area contributed by atoms with E-state index in [1.807, 2.05) is 48.5 Å². The third-order valence-electron chi connectivity index (χ3n) is 6.55. The van der Waals surface area contributed by atoms with Gasteiger partial charge in [-0.25, -0.2) is 19.3 Å². The van der Waals surface area contributed by atoms with Gasteiger partial charge in [0.25, 0.3) is 5.56 Å². The minimum Gasteiger partial charge on any atom is -0.394 e. The van der Waals surface area contributed by atoms with Crippen LogP contribution in [-0.4, -0.2) is 55.3 Å². The van der Waals surface area contributed by atoms with E-state index in [4.69, 9.17) is 24.2 Å². The highest BCUT2D eigenvalue weighted by Crippen LogP contribution is 2.43. The van der Waals surface area contributed by atoms with Gasteiger partial charge in [0.05, 0.1) is 18.0 Å². The Morgan fingerprint density at radius 2 is 1.47 bits per heavy atom. The molecule has 2 saturated heterocycles. The van der Waals surface area contributed by atoms with Gasteiger partial charge >= 0.3 is 5.69 Å². The van der Waals surface area contributed by atoms with Crippen LogP contribution < -0.4 is 11.2 Å². The van der Waals surface area contributed by atoms with E-state index in [-0.39, 0.29) is 17.8 Å². The van der Waals surface area contributed by atoms with Gasteiger partial charge < -0.3 is 19.3 Å². The Morgan fingerprint density at radius 1 is 0.921 bits per heavy atom. The summed E-state index contributed by atoms with van der Waals surface area (Å²) in [4.78, 5) is 38.2. The van der Waals surface area contributed by atoms with Gasteiger partial charge in [0.15, 0.2) is 23.2 Å². The average molecular weight is 646 g/mol. The van der Waals surface area contributed by atoms with E-state index in [1.165, 1.54) is 4.57 Å². The zero-order valence-electron chi connectivity index (χ0n) is 20.2. The number of hydrogen-bond donors (Lipinski definition) is 2. The molecule has 2 aromatic carbocycles. The van der Waals surface area contributed by atoms with E-state index in [9.17, 15) is 14.7 Å². The number of benzene rings is 2. The van der Waals surface area contributed by atoms with Crippen molar-refractivity contribution in [3.05, 3.63) is 78.3 Å². The number of nitrogens with zero attached hydrogens (tertiary/aromatic N) is 3. The van der Waals surface area contributed by atoms with Crippen LogP contribution in [0.15, 0.2) is 67.1 Å². The molecule has 4 heterocycles. The van der Waals surface area contributed by atoms with Crippen LogP contribution in [0.2, 0.25) is 0 Å². The predicted molar refractivity (Wildman–Crippen MR) is 146 cm³/mol. The Morgan fingerprint density at radius 3 is 2.05 bits per heavy atom. The molecule has 0 spiro atoms. The van der Waals surface area contributed by atoms with E-state index >= 15 is 0 Å². The molecule has 0 aliphatic carbocycles. The molecule has 2 aliphatic heterocycles. The molecule has 6 rings (SSSR count). The first kappa shape index (κ1) is 25.5. The van der Waals surface area contributed by atoms with Crippen molar-refractivity contribution in [3.8, 4) is 22.5 Å². The number of nitrogens with one attached hydrogen (secondary N) is 1. The van der Waals surface area contributed by atoms with Crippen LogP contribution in [0.1, 0.15) is 20.1 Å². The molecule has 0 saturated carbocycles. The summed E-state index contributed by atoms with van der Waals surface area (Å²) in [6.45, 7) is 3.16. The number of H-pyrrole nitrogens is 1. The van der Waals surface area contributed by atoms with E-state index in [0.29, 0.717) is 11.4 Å². The fourth-order valence-electron chi connectivity index (χ4n) is 4.93. The van der Waals surface area contributed by atoms with Gasteiger partial charge in [0, 0.05) is 20.1 Å². The highest BCUT2D eigenvalue weighted by molar-refractivity contribution is 9.10. The van der Waals surface area contributed by atoms with Crippen LogP contribution in [0.25, 0.3) is 33.7 Å². The summed E-state index contributed by atoms with van der Waals surface area (Å²) in [7, 11) is 0. The molecule has 0 radical (unpaired) electrons. The lowest BCUT2D eigenvalue weighted by Crippen LogP contribution is -2.39. The van der Waals surface area contributed by atoms with Crippen LogP contribution in [0.3, 0.4) is 0 Å². The first-order chi connectivity index (χ1) is 18.1. The Kier molecular flexibility index (Phi) is 6.36. The highest BCUT2D eigenvalue weighted by atomic mass is 79.9. The fourth-order valence-corrected chi connectivity index (χ4v) is 5.46. The lowest BCUT2D eigenvalue weighted by Gasteiger charge is -2.25. The largest absolute Gasteiger partial charge is 0.394 e. The first-order valence-corrected chi connectivity index (χ1v) is 13.4. The Hall–Kier alpha value is -2.74. The topological polar surface area (TPSA) is 129 Å². The number of fused-ring (bicyclic) bond motifs is 2. The molecule has 0 bridgehead atoms. The molecule has 2 N–H and O–H groups in total. The summed E-state index contributed by atoms with van der Waals surface area (Å²) in [5.74, 6) is -0.949. The maximum atomic E-state index is 13.3. The minimum atomic E-state index is -1.02. The molecule has 0 amide bonds. The third-order valence-corrected chi connectivity index (χ3v) is 7.61. The van der Waals surface area contributed by atoms with E-state index in [2.05, 4.69) is 36.8 Å². The van der Waals surface area contributed by atoms with Crippen molar-refractivity contribution in [2.75, 3.05) is 6.61 Å². The summed E-state index contributed by atoms with van der Waals surface area (Å²) >= 11 is 6.91. The molecule has 2 aliphatic rings. The summed E-state index contributed by atoms with van der Waals surface area (Å²) in [6, 6.07) is 15.0. The molecule has 2 aromatic heterocycles. The SMILES string of the molecule is CC1(C)O[C@@H]2[C@H](O1)[C@@H](CO)O[C@H]2n1c(=O)[nH]c(=O)c2nc(-c3ccc(Br)cc3)c(-c3ccc(Br)cc3)nc21. The number of halogens is 2. The van der Waals surface area contributed by atoms with Gasteiger partial charge in [0.2, 0.25) is 0 Å². The summed E-state index contributed by atoms with van der Waals surface area (Å²) in [5, 5.41) is 9.93. The number of ether oxygens (including phenoxy) is 3. The molecule has 196 valence electrons. The van der Waals surface area contributed by atoms with Crippen LogP contribution in [-0.2, 0) is 14.2 Å². The minimum absolute atomic E-state index is 0.0332. The van der Waals surface area contributed by atoms with Crippen molar-refractivity contribution in [2.45, 2.75) is 44.2 Å². The number of aromatic nitrogens is 4. The Bertz CT molecular complexity index is 1650. The van der Waals surface area contributed by atoms with E-state index in [1.54, 1.807) is 13.8 Å². The van der Waals surface area contributed by atoms with Crippen LogP contribution in [0, 0.1) is 0 Å². The lowest BCUT2D eigenvalue weighted by molar-refractivity contribution is -0.200. The predicted octanol–water partition coefficient (Wildman–Crippen LogP) is 3.75. The quantitative estimate of drug-likeness (QED) is 0.344. The molecule has 4 atom stereocenters. The maximum Gasteiger partial charge on any atom is 0.332 e. The van der Waals surface area contributed by atoms with E-state index < -0.39 is 41.6 Å². The molecule has 10 nitrogen and oxygen atoms in total. The van der Waals surface area contributed by atoms with Gasteiger partial charge in [0.1, 0.15) is 18.3 Å². The molecule has 12 heteroatoms. The van der Waals surface area contributed by atoms with Gasteiger partial charge in [-0.3, -0.25) is 9.78 Å². The molecule has 4 aromatic rings. The summed E-state index contributed by atoms with van der Waals surface area (Å²) in [6.07, 6.45) is -3.09. The third kappa shape index (κ3) is 4.34. The van der Waals surface area contributed by atoms with Gasteiger partial charge in [-0.1, -0.05) is 56.1 Å². The maximum absolute atomic E-state index is 13.3. The molecule has 0 unspecified atom stereocenters. The smallest absolute Gasteiger partial charge is 0.332 e. The van der Waals surface area contributed by atoms with Crippen LogP contribution in [0.5, 0.6) is 0 Å². The van der Waals surface area contributed by atoms with Crippen LogP contribution >= 0.6 is 31.9 Å².